The minimum absolute atomic E-state index is 0.0660. The molecular weight excluding hydrogens is 440 g/mol. The Bertz CT molecular complexity index is 981. The van der Waals surface area contributed by atoms with Crippen molar-refractivity contribution in [2.24, 2.45) is 0 Å². The highest BCUT2D eigenvalue weighted by atomic mass is 35.5. The van der Waals surface area contributed by atoms with Gasteiger partial charge >= 0.3 is 6.09 Å². The molecule has 2 aromatic rings. The van der Waals surface area contributed by atoms with Gasteiger partial charge in [0.25, 0.3) is 5.91 Å². The first-order valence-corrected chi connectivity index (χ1v) is 11.5. The summed E-state index contributed by atoms with van der Waals surface area (Å²) in [4.78, 5) is 28.8. The Kier molecular flexibility index (Phi) is 7.39. The highest BCUT2D eigenvalue weighted by Gasteiger charge is 2.45. The van der Waals surface area contributed by atoms with Gasteiger partial charge in [0, 0.05) is 23.3 Å². The van der Waals surface area contributed by atoms with Gasteiger partial charge in [-0.2, -0.15) is 0 Å². The van der Waals surface area contributed by atoms with Gasteiger partial charge in [-0.05, 0) is 89.4 Å². The molecule has 7 heteroatoms. The average Bonchev–Trinajstić information content (AvgIpc) is 3.05. The number of hydrogen-bond donors (Lipinski definition) is 0. The van der Waals surface area contributed by atoms with Gasteiger partial charge < -0.3 is 14.4 Å². The van der Waals surface area contributed by atoms with Crippen LogP contribution >= 0.6 is 11.6 Å². The summed E-state index contributed by atoms with van der Waals surface area (Å²) in [5.74, 6) is -0.0993. The smallest absolute Gasteiger partial charge is 0.412 e. The molecule has 1 atom stereocenters. The van der Waals surface area contributed by atoms with Gasteiger partial charge in [0.2, 0.25) is 0 Å². The third kappa shape index (κ3) is 6.27. The largest absolute Gasteiger partial charge is 0.444 e. The number of hydrogen-bond acceptors (Lipinski definition) is 4. The van der Waals surface area contributed by atoms with Crippen molar-refractivity contribution >= 4 is 29.3 Å². The molecule has 6 nitrogen and oxygen atoms in total. The summed E-state index contributed by atoms with van der Waals surface area (Å²) in [5.41, 5.74) is 1.24. The van der Waals surface area contributed by atoms with E-state index in [1.807, 2.05) is 58.9 Å². The van der Waals surface area contributed by atoms with E-state index in [-0.39, 0.29) is 18.0 Å². The van der Waals surface area contributed by atoms with Crippen LogP contribution < -0.4 is 4.90 Å². The van der Waals surface area contributed by atoms with Crippen molar-refractivity contribution in [2.75, 3.05) is 18.6 Å². The summed E-state index contributed by atoms with van der Waals surface area (Å²) in [6, 6.07) is 14.7. The van der Waals surface area contributed by atoms with Crippen molar-refractivity contribution in [3.8, 4) is 0 Å². The predicted molar refractivity (Wildman–Crippen MR) is 131 cm³/mol. The summed E-state index contributed by atoms with van der Waals surface area (Å²) in [7, 11) is 1.75. The molecule has 0 aliphatic carbocycles. The Labute approximate surface area is 201 Å². The van der Waals surface area contributed by atoms with Gasteiger partial charge in [-0.15, -0.1) is 0 Å². The fourth-order valence-corrected chi connectivity index (χ4v) is 4.03. The molecule has 1 aliphatic rings. The number of halogens is 1. The molecule has 3 rings (SSSR count). The summed E-state index contributed by atoms with van der Waals surface area (Å²) < 4.78 is 11.5. The SMILES string of the molecule is CN(C(=O)c1ccc(Cl)cc1)c1ccc(CCC2COC(C)(C)N2C(=O)OC(C)(C)C)cc1. The molecule has 0 bridgehead atoms. The summed E-state index contributed by atoms with van der Waals surface area (Å²) in [6.45, 7) is 9.83. The standard InChI is InChI=1S/C26H33ClN2O4/c1-25(2,3)33-24(31)29-22(17-32-26(29,4)5)16-9-18-7-14-21(15-8-18)28(6)23(30)19-10-12-20(27)13-11-19/h7-8,10-15,22H,9,16-17H2,1-6H3. The molecule has 1 unspecified atom stereocenters. The number of carbonyl (C=O) groups is 2. The number of benzene rings is 2. The van der Waals surface area contributed by atoms with Gasteiger partial charge in [-0.25, -0.2) is 4.79 Å². The second kappa shape index (κ2) is 9.74. The topological polar surface area (TPSA) is 59.1 Å². The van der Waals surface area contributed by atoms with E-state index in [0.717, 1.165) is 24.1 Å². The Morgan fingerprint density at radius 2 is 1.73 bits per heavy atom. The van der Waals surface area contributed by atoms with Gasteiger partial charge in [-0.3, -0.25) is 9.69 Å². The lowest BCUT2D eigenvalue weighted by Gasteiger charge is -2.35. The van der Waals surface area contributed by atoms with Crippen LogP contribution in [0.3, 0.4) is 0 Å². The zero-order valence-corrected chi connectivity index (χ0v) is 21.0. The first-order chi connectivity index (χ1) is 15.4. The molecule has 2 aromatic carbocycles. The summed E-state index contributed by atoms with van der Waals surface area (Å²) in [5, 5.41) is 0.597. The van der Waals surface area contributed by atoms with E-state index in [1.165, 1.54) is 0 Å². The Hall–Kier alpha value is -2.57. The summed E-state index contributed by atoms with van der Waals surface area (Å²) >= 11 is 5.92. The molecule has 0 spiro atoms. The molecule has 0 saturated carbocycles. The highest BCUT2D eigenvalue weighted by Crippen LogP contribution is 2.31. The summed E-state index contributed by atoms with van der Waals surface area (Å²) in [6.07, 6.45) is 1.17. The molecule has 1 heterocycles. The van der Waals surface area contributed by atoms with Crippen molar-refractivity contribution in [3.05, 3.63) is 64.7 Å². The van der Waals surface area contributed by atoms with Crippen molar-refractivity contribution in [2.45, 2.75) is 64.8 Å². The second-order valence-electron chi connectivity index (χ2n) is 9.84. The number of anilines is 1. The van der Waals surface area contributed by atoms with Crippen LogP contribution in [0.25, 0.3) is 0 Å². The van der Waals surface area contributed by atoms with Crippen LogP contribution in [0.15, 0.2) is 48.5 Å². The molecule has 178 valence electrons. The van der Waals surface area contributed by atoms with Crippen LogP contribution in [0.1, 0.15) is 57.0 Å². The number of carbonyl (C=O) groups excluding carboxylic acids is 2. The van der Waals surface area contributed by atoms with E-state index in [4.69, 9.17) is 21.1 Å². The molecule has 0 aromatic heterocycles. The molecule has 1 saturated heterocycles. The monoisotopic (exact) mass is 472 g/mol. The second-order valence-corrected chi connectivity index (χ2v) is 10.3. The molecule has 2 amide bonds. The van der Waals surface area contributed by atoms with Crippen molar-refractivity contribution in [3.63, 3.8) is 0 Å². The van der Waals surface area contributed by atoms with Gasteiger partial charge in [-0.1, -0.05) is 23.7 Å². The van der Waals surface area contributed by atoms with Crippen LogP contribution in [0, 0.1) is 0 Å². The van der Waals surface area contributed by atoms with Crippen LogP contribution in [0.2, 0.25) is 5.02 Å². The maximum atomic E-state index is 12.8. The van der Waals surface area contributed by atoms with Crippen LogP contribution in [-0.2, 0) is 15.9 Å². The third-order valence-electron chi connectivity index (χ3n) is 5.65. The fraction of sp³-hybridized carbons (Fsp3) is 0.462. The van der Waals surface area contributed by atoms with E-state index < -0.39 is 11.3 Å². The number of ether oxygens (including phenoxy) is 2. The Balaban J connectivity index is 1.63. The number of amides is 2. The zero-order valence-electron chi connectivity index (χ0n) is 20.2. The molecule has 0 radical (unpaired) electrons. The average molecular weight is 473 g/mol. The van der Waals surface area contributed by atoms with Crippen molar-refractivity contribution < 1.29 is 19.1 Å². The van der Waals surface area contributed by atoms with E-state index in [2.05, 4.69) is 0 Å². The maximum absolute atomic E-state index is 12.8. The van der Waals surface area contributed by atoms with Crippen LogP contribution in [0.5, 0.6) is 0 Å². The molecule has 0 N–H and O–H groups in total. The zero-order chi connectivity index (χ0) is 24.4. The van der Waals surface area contributed by atoms with Crippen molar-refractivity contribution in [1.82, 2.24) is 4.90 Å². The van der Waals surface area contributed by atoms with Gasteiger partial charge in [0.1, 0.15) is 11.3 Å². The number of aryl methyl sites for hydroxylation is 1. The lowest BCUT2D eigenvalue weighted by atomic mass is 10.0. The maximum Gasteiger partial charge on any atom is 0.412 e. The minimum Gasteiger partial charge on any atom is -0.444 e. The quantitative estimate of drug-likeness (QED) is 0.541. The number of nitrogens with zero attached hydrogens (tertiary/aromatic N) is 2. The fourth-order valence-electron chi connectivity index (χ4n) is 3.90. The predicted octanol–water partition coefficient (Wildman–Crippen LogP) is 5.92. The lowest BCUT2D eigenvalue weighted by Crippen LogP contribution is -2.49. The van der Waals surface area contributed by atoms with E-state index in [1.54, 1.807) is 41.1 Å². The molecule has 1 aliphatic heterocycles. The molecule has 33 heavy (non-hydrogen) atoms. The van der Waals surface area contributed by atoms with E-state index in [0.29, 0.717) is 17.2 Å². The normalized spacial score (nSPS) is 17.7. The first-order valence-electron chi connectivity index (χ1n) is 11.2. The molecule has 1 fully saturated rings. The Morgan fingerprint density at radius 1 is 1.12 bits per heavy atom. The van der Waals surface area contributed by atoms with Gasteiger partial charge in [0.15, 0.2) is 0 Å². The Morgan fingerprint density at radius 3 is 2.30 bits per heavy atom. The number of rotatable bonds is 5. The van der Waals surface area contributed by atoms with E-state index >= 15 is 0 Å². The first kappa shape index (κ1) is 25.1. The van der Waals surface area contributed by atoms with Gasteiger partial charge in [0.05, 0.1) is 12.6 Å². The third-order valence-corrected chi connectivity index (χ3v) is 5.90. The minimum atomic E-state index is -0.707. The van der Waals surface area contributed by atoms with Crippen LogP contribution in [0.4, 0.5) is 10.5 Å². The van der Waals surface area contributed by atoms with Crippen molar-refractivity contribution in [1.29, 1.82) is 0 Å². The lowest BCUT2D eigenvalue weighted by molar-refractivity contribution is -0.0626. The van der Waals surface area contributed by atoms with E-state index in [9.17, 15) is 9.59 Å². The highest BCUT2D eigenvalue weighted by molar-refractivity contribution is 6.30. The molecular formula is C26H33ClN2O4. The van der Waals surface area contributed by atoms with Crippen LogP contribution in [-0.4, -0.2) is 47.9 Å².